The molecule has 32 heavy (non-hydrogen) atoms. The summed E-state index contributed by atoms with van der Waals surface area (Å²) in [5.41, 5.74) is 1.47. The number of fused-ring (bicyclic) bond motifs is 3. The number of nitrogens with two attached hydrogens (primary N) is 1. The minimum atomic E-state index is -2.89. The monoisotopic (exact) mass is 444 g/mol. The first-order chi connectivity index (χ1) is 14.9. The van der Waals surface area contributed by atoms with Crippen molar-refractivity contribution in [2.24, 2.45) is 17.6 Å². The van der Waals surface area contributed by atoms with Crippen LogP contribution in [0.25, 0.3) is 5.76 Å². The molecule has 3 aliphatic rings. The van der Waals surface area contributed by atoms with Crippen LogP contribution in [0.1, 0.15) is 24.0 Å². The molecular formula is C22H24N2O8. The highest BCUT2D eigenvalue weighted by Gasteiger charge is 2.68. The van der Waals surface area contributed by atoms with Crippen LogP contribution in [0.3, 0.4) is 0 Å². The Morgan fingerprint density at radius 3 is 2.34 bits per heavy atom. The molecule has 1 saturated carbocycles. The summed E-state index contributed by atoms with van der Waals surface area (Å²) in [6.07, 6.45) is -1.59. The highest BCUT2D eigenvalue weighted by molar-refractivity contribution is 6.24. The molecule has 170 valence electrons. The van der Waals surface area contributed by atoms with Crippen molar-refractivity contribution in [2.75, 3.05) is 14.1 Å². The average molecular weight is 444 g/mol. The zero-order valence-electron chi connectivity index (χ0n) is 17.6. The van der Waals surface area contributed by atoms with E-state index in [0.717, 1.165) is 0 Å². The number of hydrogen-bond acceptors (Lipinski definition) is 9. The van der Waals surface area contributed by atoms with E-state index in [9.17, 15) is 39.9 Å². The minimum Gasteiger partial charge on any atom is -0.508 e. The molecule has 10 nitrogen and oxygen atoms in total. The molecule has 0 heterocycles. The number of carbonyl (C=O) groups is 3. The molecule has 1 aromatic carbocycles. The number of Topliss-reactive ketones (excluding diaryl/α,β-unsaturated/α-hetero) is 2. The largest absolute Gasteiger partial charge is 0.508 e. The third-order valence-corrected chi connectivity index (χ3v) is 6.99. The lowest BCUT2D eigenvalue weighted by Gasteiger charge is -2.53. The van der Waals surface area contributed by atoms with E-state index < -0.39 is 75.6 Å². The summed E-state index contributed by atoms with van der Waals surface area (Å²) in [6.45, 7) is 1.68. The molecule has 6 atom stereocenters. The van der Waals surface area contributed by atoms with Gasteiger partial charge in [-0.1, -0.05) is 19.1 Å². The van der Waals surface area contributed by atoms with Crippen LogP contribution in [0.4, 0.5) is 0 Å². The van der Waals surface area contributed by atoms with Gasteiger partial charge in [-0.25, -0.2) is 0 Å². The van der Waals surface area contributed by atoms with Crippen molar-refractivity contribution in [3.8, 4) is 5.75 Å². The first kappa shape index (κ1) is 22.0. The van der Waals surface area contributed by atoms with Crippen LogP contribution in [-0.4, -0.2) is 79.7 Å². The topological polar surface area (TPSA) is 182 Å². The van der Waals surface area contributed by atoms with E-state index in [0.29, 0.717) is 5.56 Å². The SMILES string of the molecule is C[C@H]1c2cccc(O)c2C(O)=C2C(=O)[C@]3(O)C(O)=C(C(N)=O)C(=O)[C@@H](N(C)C)C3[C@@H](O)C21. The van der Waals surface area contributed by atoms with Gasteiger partial charge in [0.2, 0.25) is 5.78 Å². The number of ketones is 2. The summed E-state index contributed by atoms with van der Waals surface area (Å²) in [4.78, 5) is 40.0. The van der Waals surface area contributed by atoms with E-state index >= 15 is 0 Å². The lowest BCUT2D eigenvalue weighted by molar-refractivity contribution is -0.169. The van der Waals surface area contributed by atoms with Crippen molar-refractivity contribution < 1.29 is 39.9 Å². The maximum atomic E-state index is 13.7. The maximum Gasteiger partial charge on any atom is 0.255 e. The normalized spacial score (nSPS) is 34.4. The Kier molecular flexibility index (Phi) is 4.74. The highest BCUT2D eigenvalue weighted by Crippen LogP contribution is 2.55. The number of carbonyl (C=O) groups excluding carboxylic acids is 3. The van der Waals surface area contributed by atoms with Crippen LogP contribution in [0, 0.1) is 11.8 Å². The van der Waals surface area contributed by atoms with Crippen LogP contribution in [0.15, 0.2) is 35.1 Å². The van der Waals surface area contributed by atoms with E-state index in [1.54, 1.807) is 19.1 Å². The number of hydrogen-bond donors (Lipinski definition) is 6. The molecular weight excluding hydrogens is 420 g/mol. The molecule has 7 N–H and O–H groups in total. The molecule has 0 radical (unpaired) electrons. The van der Waals surface area contributed by atoms with Gasteiger partial charge in [0, 0.05) is 11.5 Å². The van der Waals surface area contributed by atoms with E-state index in [-0.39, 0.29) is 11.3 Å². The lowest BCUT2D eigenvalue weighted by atomic mass is 9.54. The number of likely N-dealkylation sites (N-methyl/N-ethyl adjacent to an activating group) is 1. The molecule has 1 amide bonds. The van der Waals surface area contributed by atoms with Gasteiger partial charge in [-0.2, -0.15) is 0 Å². The Bertz CT molecular complexity index is 1140. The lowest BCUT2D eigenvalue weighted by Crippen LogP contribution is -2.70. The predicted molar refractivity (Wildman–Crippen MR) is 110 cm³/mol. The Morgan fingerprint density at radius 2 is 1.78 bits per heavy atom. The number of rotatable bonds is 2. The van der Waals surface area contributed by atoms with E-state index in [2.05, 4.69) is 0 Å². The van der Waals surface area contributed by atoms with Gasteiger partial charge < -0.3 is 31.3 Å². The van der Waals surface area contributed by atoms with Gasteiger partial charge in [-0.05, 0) is 31.6 Å². The first-order valence-electron chi connectivity index (χ1n) is 10.0. The summed E-state index contributed by atoms with van der Waals surface area (Å²) < 4.78 is 0. The third-order valence-electron chi connectivity index (χ3n) is 6.99. The van der Waals surface area contributed by atoms with Crippen LogP contribution in [0.2, 0.25) is 0 Å². The van der Waals surface area contributed by atoms with Crippen LogP contribution in [0.5, 0.6) is 5.75 Å². The Morgan fingerprint density at radius 1 is 1.16 bits per heavy atom. The summed E-state index contributed by atoms with van der Waals surface area (Å²) in [5.74, 6) is -8.87. The Hall–Kier alpha value is -3.21. The second kappa shape index (κ2) is 6.89. The molecule has 2 unspecified atom stereocenters. The zero-order valence-corrected chi connectivity index (χ0v) is 17.6. The first-order valence-corrected chi connectivity index (χ1v) is 10.0. The fourth-order valence-corrected chi connectivity index (χ4v) is 5.58. The molecule has 0 aromatic heterocycles. The molecule has 0 spiro atoms. The average Bonchev–Trinajstić information content (AvgIpc) is 2.70. The summed E-state index contributed by atoms with van der Waals surface area (Å²) in [5, 5.41) is 54.9. The second-order valence-electron chi connectivity index (χ2n) is 8.79. The molecule has 1 aromatic rings. The van der Waals surface area contributed by atoms with Gasteiger partial charge in [0.25, 0.3) is 5.91 Å². The highest BCUT2D eigenvalue weighted by atomic mass is 16.4. The van der Waals surface area contributed by atoms with Crippen molar-refractivity contribution in [3.05, 3.63) is 46.2 Å². The van der Waals surface area contributed by atoms with Gasteiger partial charge in [0.1, 0.15) is 22.8 Å². The van der Waals surface area contributed by atoms with Gasteiger partial charge in [-0.15, -0.1) is 0 Å². The van der Waals surface area contributed by atoms with Gasteiger partial charge >= 0.3 is 0 Å². The third kappa shape index (κ3) is 2.48. The Labute approximate surface area is 182 Å². The fourth-order valence-electron chi connectivity index (χ4n) is 5.58. The van der Waals surface area contributed by atoms with Crippen molar-refractivity contribution in [1.82, 2.24) is 4.90 Å². The van der Waals surface area contributed by atoms with Gasteiger partial charge in [-0.3, -0.25) is 19.3 Å². The number of benzene rings is 1. The number of aliphatic hydroxyl groups is 4. The van der Waals surface area contributed by atoms with Crippen molar-refractivity contribution in [1.29, 1.82) is 0 Å². The van der Waals surface area contributed by atoms with E-state index in [1.807, 2.05) is 0 Å². The number of phenols is 1. The van der Waals surface area contributed by atoms with Crippen LogP contribution < -0.4 is 5.73 Å². The number of phenolic OH excluding ortho intramolecular Hbond substituents is 1. The predicted octanol–water partition coefficient (Wildman–Crippen LogP) is -0.504. The minimum absolute atomic E-state index is 0.0245. The molecule has 1 fully saturated rings. The smallest absolute Gasteiger partial charge is 0.255 e. The fraction of sp³-hybridized carbons (Fsp3) is 0.409. The second-order valence-corrected chi connectivity index (χ2v) is 8.79. The number of nitrogens with zero attached hydrogens (tertiary/aromatic N) is 1. The maximum absolute atomic E-state index is 13.7. The standard InChI is InChI=1S/C22H24N2O8/c1-7-8-5-4-6-9(25)11(8)16(26)12-10(7)17(27)14-15(24(2)3)18(28)13(21(23)31)20(30)22(14,32)19(12)29/h4-7,10,14-15,17,25-27,30,32H,1-3H3,(H2,23,31)/t7-,10?,14?,15-,17-,22-/m0/s1. The van der Waals surface area contributed by atoms with Crippen LogP contribution >= 0.6 is 0 Å². The molecule has 4 rings (SSSR count). The number of amides is 1. The summed E-state index contributed by atoms with van der Waals surface area (Å²) in [6, 6.07) is 3.13. The van der Waals surface area contributed by atoms with Crippen molar-refractivity contribution in [2.45, 2.75) is 30.6 Å². The zero-order chi connectivity index (χ0) is 23.9. The van der Waals surface area contributed by atoms with E-state index in [4.69, 9.17) is 5.73 Å². The van der Waals surface area contributed by atoms with Gasteiger partial charge in [0.15, 0.2) is 11.4 Å². The number of primary amides is 1. The summed E-state index contributed by atoms with van der Waals surface area (Å²) >= 11 is 0. The molecule has 0 bridgehead atoms. The molecule has 3 aliphatic carbocycles. The molecule has 0 saturated heterocycles. The number of aromatic hydroxyl groups is 1. The van der Waals surface area contributed by atoms with Crippen molar-refractivity contribution >= 4 is 23.2 Å². The number of aliphatic hydroxyl groups excluding tert-OH is 3. The van der Waals surface area contributed by atoms with Gasteiger partial charge in [0.05, 0.1) is 23.6 Å². The summed E-state index contributed by atoms with van der Waals surface area (Å²) in [7, 11) is 2.92. The van der Waals surface area contributed by atoms with E-state index in [1.165, 1.54) is 25.1 Å². The molecule has 10 heteroatoms. The Balaban J connectivity index is 2.07. The molecule has 0 aliphatic heterocycles. The van der Waals surface area contributed by atoms with Crippen molar-refractivity contribution in [3.63, 3.8) is 0 Å². The van der Waals surface area contributed by atoms with Crippen LogP contribution in [-0.2, 0) is 14.4 Å². The quantitative estimate of drug-likeness (QED) is 0.327.